The normalized spacial score (nSPS) is 21.4. The highest BCUT2D eigenvalue weighted by molar-refractivity contribution is 6.32. The van der Waals surface area contributed by atoms with Crippen molar-refractivity contribution in [2.45, 2.75) is 77.0 Å². The molecule has 232 valence electrons. The molecular formula is C33H41ClN2O7. The fraction of sp³-hybridized carbons (Fsp3) is 0.455. The lowest BCUT2D eigenvalue weighted by Crippen LogP contribution is -2.48. The van der Waals surface area contributed by atoms with Crippen LogP contribution in [0.15, 0.2) is 60.7 Å². The number of hydrogen-bond acceptors (Lipinski definition) is 7. The molecule has 2 aromatic rings. The number of esters is 2. The van der Waals surface area contributed by atoms with Crippen molar-refractivity contribution in [3.8, 4) is 5.75 Å². The van der Waals surface area contributed by atoms with E-state index in [-0.39, 0.29) is 31.7 Å². The van der Waals surface area contributed by atoms with E-state index in [2.05, 4.69) is 10.6 Å². The maximum Gasteiger partial charge on any atom is 0.347 e. The van der Waals surface area contributed by atoms with Crippen LogP contribution in [0.4, 0.5) is 0 Å². The average Bonchev–Trinajstić information content (AvgIpc) is 2.96. The summed E-state index contributed by atoms with van der Waals surface area (Å²) in [6.45, 7) is 3.82. The summed E-state index contributed by atoms with van der Waals surface area (Å²) in [7, 11) is 1.51. The predicted octanol–water partition coefficient (Wildman–Crippen LogP) is 4.73. The molecule has 2 N–H and O–H groups in total. The first-order valence-corrected chi connectivity index (χ1v) is 15.0. The molecule has 0 unspecified atom stereocenters. The van der Waals surface area contributed by atoms with Crippen LogP contribution in [0, 0.1) is 5.92 Å². The molecule has 0 saturated heterocycles. The number of amides is 2. The first kappa shape index (κ1) is 33.6. The van der Waals surface area contributed by atoms with Crippen molar-refractivity contribution in [1.82, 2.24) is 10.6 Å². The molecule has 0 aliphatic carbocycles. The molecule has 1 aliphatic rings. The monoisotopic (exact) mass is 612 g/mol. The van der Waals surface area contributed by atoms with Gasteiger partial charge in [0.25, 0.3) is 0 Å². The maximum absolute atomic E-state index is 13.1. The van der Waals surface area contributed by atoms with Crippen molar-refractivity contribution in [1.29, 1.82) is 0 Å². The number of nitrogens with one attached hydrogen (secondary N) is 2. The van der Waals surface area contributed by atoms with E-state index in [4.69, 9.17) is 25.8 Å². The summed E-state index contributed by atoms with van der Waals surface area (Å²) >= 11 is 6.26. The summed E-state index contributed by atoms with van der Waals surface area (Å²) < 4.78 is 16.6. The van der Waals surface area contributed by atoms with E-state index in [1.165, 1.54) is 18.7 Å². The summed E-state index contributed by atoms with van der Waals surface area (Å²) in [6, 6.07) is 14.2. The topological polar surface area (TPSA) is 120 Å². The highest BCUT2D eigenvalue weighted by Gasteiger charge is 2.28. The smallest absolute Gasteiger partial charge is 0.347 e. The van der Waals surface area contributed by atoms with Crippen molar-refractivity contribution < 1.29 is 33.4 Å². The minimum absolute atomic E-state index is 0.0329. The molecule has 9 nitrogen and oxygen atoms in total. The SMILES string of the molecule is COc1ccc(C[C@H]2NC(=O)/C=C/C[C@@H](CCCc3ccccc3)OC(=O)[C@H](CC(C)C)OC(=O)CCNC2=O)cc1Cl. The predicted molar refractivity (Wildman–Crippen MR) is 164 cm³/mol. The number of hydrogen-bond donors (Lipinski definition) is 2. The Kier molecular flexibility index (Phi) is 13.5. The highest BCUT2D eigenvalue weighted by atomic mass is 35.5. The number of benzene rings is 2. The zero-order valence-corrected chi connectivity index (χ0v) is 25.7. The molecule has 1 heterocycles. The molecule has 3 rings (SSSR count). The molecule has 0 bridgehead atoms. The standard InChI is InChI=1S/C33H41ClN2O7/c1-22(2)19-29-33(40)42-25(12-7-11-23-9-5-4-6-10-23)13-8-14-30(37)36-27(32(39)35-18-17-31(38)43-29)21-24-15-16-28(41-3)26(34)20-24/h4-6,8-10,14-16,20,22,25,27,29H,7,11-13,17-19,21H2,1-3H3,(H,35,39)(H,36,37)/b14-8+/t25-,27-,29+/m1/s1. The lowest BCUT2D eigenvalue weighted by atomic mass is 10.0. The van der Waals surface area contributed by atoms with E-state index in [1.807, 2.05) is 44.2 Å². The first-order chi connectivity index (χ1) is 20.6. The maximum atomic E-state index is 13.1. The largest absolute Gasteiger partial charge is 0.495 e. The van der Waals surface area contributed by atoms with Crippen LogP contribution in [0.25, 0.3) is 0 Å². The van der Waals surface area contributed by atoms with Gasteiger partial charge in [0, 0.05) is 19.4 Å². The highest BCUT2D eigenvalue weighted by Crippen LogP contribution is 2.25. The number of carbonyl (C=O) groups is 4. The molecule has 0 saturated carbocycles. The summed E-state index contributed by atoms with van der Waals surface area (Å²) in [5, 5.41) is 5.80. The number of halogens is 1. The second-order valence-corrected chi connectivity index (χ2v) is 11.4. The van der Waals surface area contributed by atoms with Gasteiger partial charge in [0.2, 0.25) is 11.8 Å². The first-order valence-electron chi connectivity index (χ1n) is 14.7. The van der Waals surface area contributed by atoms with Gasteiger partial charge in [0.15, 0.2) is 6.10 Å². The number of aryl methyl sites for hydroxylation is 1. The molecular weight excluding hydrogens is 572 g/mol. The van der Waals surface area contributed by atoms with E-state index < -0.39 is 42.0 Å². The minimum Gasteiger partial charge on any atom is -0.495 e. The lowest BCUT2D eigenvalue weighted by molar-refractivity contribution is -0.172. The molecule has 2 aromatic carbocycles. The van der Waals surface area contributed by atoms with Gasteiger partial charge < -0.3 is 24.8 Å². The van der Waals surface area contributed by atoms with Gasteiger partial charge in [0.1, 0.15) is 17.9 Å². The van der Waals surface area contributed by atoms with Gasteiger partial charge in [-0.05, 0) is 60.9 Å². The Hall–Kier alpha value is -3.85. The van der Waals surface area contributed by atoms with Gasteiger partial charge in [-0.25, -0.2) is 4.79 Å². The van der Waals surface area contributed by atoms with E-state index >= 15 is 0 Å². The molecule has 1 aliphatic heterocycles. The molecule has 2 amide bonds. The molecule has 10 heteroatoms. The van der Waals surface area contributed by atoms with Crippen molar-refractivity contribution >= 4 is 35.4 Å². The van der Waals surface area contributed by atoms with Crippen LogP contribution in [0.1, 0.15) is 57.1 Å². The van der Waals surface area contributed by atoms with Crippen LogP contribution in [0.3, 0.4) is 0 Å². The Morgan fingerprint density at radius 3 is 2.49 bits per heavy atom. The number of rotatable bonds is 9. The molecule has 43 heavy (non-hydrogen) atoms. The van der Waals surface area contributed by atoms with Crippen molar-refractivity contribution in [2.75, 3.05) is 13.7 Å². The van der Waals surface area contributed by atoms with Gasteiger partial charge in [-0.1, -0.05) is 67.9 Å². The lowest BCUT2D eigenvalue weighted by Gasteiger charge is -2.23. The molecule has 0 spiro atoms. The summed E-state index contributed by atoms with van der Waals surface area (Å²) in [5.41, 5.74) is 1.89. The Morgan fingerprint density at radius 2 is 1.79 bits per heavy atom. The third-order valence-corrected chi connectivity index (χ3v) is 7.22. The van der Waals surface area contributed by atoms with E-state index in [0.29, 0.717) is 29.2 Å². The van der Waals surface area contributed by atoms with E-state index in [1.54, 1.807) is 24.3 Å². The Bertz CT molecular complexity index is 1270. The third-order valence-electron chi connectivity index (χ3n) is 6.92. The zero-order chi connectivity index (χ0) is 31.2. The van der Waals surface area contributed by atoms with Crippen molar-refractivity contribution in [3.63, 3.8) is 0 Å². The summed E-state index contributed by atoms with van der Waals surface area (Å²) in [6.07, 6.45) is 4.09. The number of methoxy groups -OCH3 is 1. The second-order valence-electron chi connectivity index (χ2n) is 11.0. The number of cyclic esters (lactones) is 2. The summed E-state index contributed by atoms with van der Waals surface area (Å²) in [4.78, 5) is 51.8. The number of ether oxygens (including phenoxy) is 3. The molecule has 0 fully saturated rings. The van der Waals surface area contributed by atoms with Crippen LogP contribution < -0.4 is 15.4 Å². The van der Waals surface area contributed by atoms with Crippen LogP contribution >= 0.6 is 11.6 Å². The average molecular weight is 613 g/mol. The fourth-order valence-corrected chi connectivity index (χ4v) is 5.00. The summed E-state index contributed by atoms with van der Waals surface area (Å²) in [5.74, 6) is -1.61. The molecule has 0 radical (unpaired) electrons. The zero-order valence-electron chi connectivity index (χ0n) is 25.0. The van der Waals surface area contributed by atoms with Crippen LogP contribution in [-0.4, -0.2) is 55.7 Å². The number of carbonyl (C=O) groups excluding carboxylic acids is 4. The van der Waals surface area contributed by atoms with E-state index in [0.717, 1.165) is 12.8 Å². The van der Waals surface area contributed by atoms with Gasteiger partial charge in [0.05, 0.1) is 18.6 Å². The molecule has 0 aromatic heterocycles. The van der Waals surface area contributed by atoms with Crippen molar-refractivity contribution in [2.24, 2.45) is 5.92 Å². The van der Waals surface area contributed by atoms with Gasteiger partial charge in [-0.2, -0.15) is 0 Å². The van der Waals surface area contributed by atoms with Crippen LogP contribution in [-0.2, 0) is 41.5 Å². The second kappa shape index (κ2) is 17.3. The minimum atomic E-state index is -1.06. The fourth-order valence-electron chi connectivity index (χ4n) is 4.72. The van der Waals surface area contributed by atoms with Crippen molar-refractivity contribution in [3.05, 3.63) is 76.8 Å². The van der Waals surface area contributed by atoms with Crippen LogP contribution in [0.5, 0.6) is 5.75 Å². The molecule has 3 atom stereocenters. The van der Waals surface area contributed by atoms with Gasteiger partial charge in [-0.15, -0.1) is 0 Å². The van der Waals surface area contributed by atoms with Gasteiger partial charge >= 0.3 is 11.9 Å². The van der Waals surface area contributed by atoms with Crippen LogP contribution in [0.2, 0.25) is 5.02 Å². The Labute approximate surface area is 258 Å². The quantitative estimate of drug-likeness (QED) is 0.393. The third kappa shape index (κ3) is 11.7. The Balaban J connectivity index is 1.78. The van der Waals surface area contributed by atoms with Gasteiger partial charge in [-0.3, -0.25) is 14.4 Å². The van der Waals surface area contributed by atoms with E-state index in [9.17, 15) is 19.2 Å². The Morgan fingerprint density at radius 1 is 1.02 bits per heavy atom.